The van der Waals surface area contributed by atoms with E-state index in [9.17, 15) is 4.79 Å². The van der Waals surface area contributed by atoms with Gasteiger partial charge >= 0.3 is 0 Å². The number of carbonyl (C=O) groups excluding carboxylic acids is 1. The van der Waals surface area contributed by atoms with Gasteiger partial charge in [0.2, 0.25) is 5.91 Å². The van der Waals surface area contributed by atoms with Crippen LogP contribution in [0.5, 0.6) is 0 Å². The van der Waals surface area contributed by atoms with E-state index >= 15 is 0 Å². The zero-order valence-corrected chi connectivity index (χ0v) is 11.2. The van der Waals surface area contributed by atoms with E-state index < -0.39 is 0 Å². The van der Waals surface area contributed by atoms with Crippen LogP contribution in [-0.2, 0) is 4.79 Å². The lowest BCUT2D eigenvalue weighted by Crippen LogP contribution is -3.20. The zero-order valence-electron chi connectivity index (χ0n) is 11.2. The lowest BCUT2D eigenvalue weighted by atomic mass is 9.68. The molecule has 3 heteroatoms. The average Bonchev–Trinajstić information content (AvgIpc) is 2.41. The van der Waals surface area contributed by atoms with Crippen molar-refractivity contribution in [3.05, 3.63) is 0 Å². The van der Waals surface area contributed by atoms with E-state index in [-0.39, 0.29) is 0 Å². The standard InChI is InChI=1S/C15H24N2O/c18-14-7-1-6-13-12-5-3-9-16-8-2-4-11(15(12)16)10-17(13)14/h11-13,15H,1-10H2/p+1/t11-,12+,13+,15+/m0/s1. The van der Waals surface area contributed by atoms with Crippen molar-refractivity contribution in [1.82, 2.24) is 4.90 Å². The van der Waals surface area contributed by atoms with Gasteiger partial charge in [-0.05, 0) is 38.5 Å². The molecule has 5 atom stereocenters. The van der Waals surface area contributed by atoms with Crippen LogP contribution in [0.2, 0.25) is 0 Å². The molecule has 1 amide bonds. The van der Waals surface area contributed by atoms with Gasteiger partial charge in [-0.15, -0.1) is 0 Å². The summed E-state index contributed by atoms with van der Waals surface area (Å²) in [7, 11) is 0. The van der Waals surface area contributed by atoms with Crippen molar-refractivity contribution in [3.8, 4) is 0 Å². The molecule has 1 N–H and O–H groups in total. The average molecular weight is 249 g/mol. The van der Waals surface area contributed by atoms with E-state index in [2.05, 4.69) is 4.90 Å². The molecule has 0 radical (unpaired) electrons. The Labute approximate surface area is 110 Å². The van der Waals surface area contributed by atoms with Crippen LogP contribution in [-0.4, -0.2) is 42.5 Å². The fourth-order valence-electron chi connectivity index (χ4n) is 5.48. The van der Waals surface area contributed by atoms with Crippen molar-refractivity contribution in [2.24, 2.45) is 11.8 Å². The molecule has 100 valence electrons. The van der Waals surface area contributed by atoms with Crippen molar-refractivity contribution >= 4 is 5.91 Å². The number of nitrogens with zero attached hydrogens (tertiary/aromatic N) is 1. The highest BCUT2D eigenvalue weighted by Crippen LogP contribution is 2.39. The minimum Gasteiger partial charge on any atom is -0.339 e. The molecular formula is C15H25N2O+. The van der Waals surface area contributed by atoms with Gasteiger partial charge in [-0.3, -0.25) is 4.79 Å². The van der Waals surface area contributed by atoms with Crippen molar-refractivity contribution < 1.29 is 9.69 Å². The number of fused-ring (bicyclic) bond motifs is 2. The van der Waals surface area contributed by atoms with Crippen LogP contribution >= 0.6 is 0 Å². The van der Waals surface area contributed by atoms with Gasteiger partial charge in [-0.1, -0.05) is 0 Å². The van der Waals surface area contributed by atoms with E-state index in [1.807, 2.05) is 4.90 Å². The first-order valence-electron chi connectivity index (χ1n) is 7.98. The Balaban J connectivity index is 1.66. The smallest absolute Gasteiger partial charge is 0.222 e. The molecule has 4 heterocycles. The summed E-state index contributed by atoms with van der Waals surface area (Å²) >= 11 is 0. The fraction of sp³-hybridized carbons (Fsp3) is 0.933. The van der Waals surface area contributed by atoms with Crippen molar-refractivity contribution in [1.29, 1.82) is 0 Å². The van der Waals surface area contributed by atoms with Gasteiger partial charge in [0.25, 0.3) is 0 Å². The molecular weight excluding hydrogens is 224 g/mol. The summed E-state index contributed by atoms with van der Waals surface area (Å²) in [6.07, 6.45) is 8.78. The Morgan fingerprint density at radius 1 is 1.06 bits per heavy atom. The summed E-state index contributed by atoms with van der Waals surface area (Å²) in [5, 5.41) is 0. The number of nitrogens with one attached hydrogen (secondary N) is 1. The molecule has 4 aliphatic heterocycles. The predicted molar refractivity (Wildman–Crippen MR) is 69.3 cm³/mol. The number of piperidine rings is 4. The van der Waals surface area contributed by atoms with Gasteiger partial charge in [0.1, 0.15) is 0 Å². The second-order valence-electron chi connectivity index (χ2n) is 6.90. The van der Waals surface area contributed by atoms with Crippen LogP contribution < -0.4 is 4.90 Å². The summed E-state index contributed by atoms with van der Waals surface area (Å²) in [6.45, 7) is 3.89. The van der Waals surface area contributed by atoms with E-state index in [4.69, 9.17) is 0 Å². The number of amides is 1. The quantitative estimate of drug-likeness (QED) is 0.662. The monoisotopic (exact) mass is 249 g/mol. The van der Waals surface area contributed by atoms with Crippen LogP contribution in [0.25, 0.3) is 0 Å². The maximum atomic E-state index is 12.2. The summed E-state index contributed by atoms with van der Waals surface area (Å²) in [5.41, 5.74) is 0. The van der Waals surface area contributed by atoms with Gasteiger partial charge in [-0.25, -0.2) is 0 Å². The van der Waals surface area contributed by atoms with Gasteiger partial charge in [0.15, 0.2) is 0 Å². The number of quaternary nitrogens is 1. The number of carbonyl (C=O) groups is 1. The summed E-state index contributed by atoms with van der Waals surface area (Å²) < 4.78 is 0. The van der Waals surface area contributed by atoms with E-state index in [1.54, 1.807) is 0 Å². The normalized spacial score (nSPS) is 47.4. The third-order valence-electron chi connectivity index (χ3n) is 6.09. The first-order valence-corrected chi connectivity index (χ1v) is 7.98. The molecule has 0 aromatic carbocycles. The predicted octanol–water partition coefficient (Wildman–Crippen LogP) is 0.455. The minimum absolute atomic E-state index is 0.461. The molecule has 1 unspecified atom stereocenters. The molecule has 4 saturated heterocycles. The lowest BCUT2D eigenvalue weighted by molar-refractivity contribution is -0.946. The second kappa shape index (κ2) is 4.22. The molecule has 0 saturated carbocycles. The van der Waals surface area contributed by atoms with Crippen LogP contribution in [0, 0.1) is 11.8 Å². The summed E-state index contributed by atoms with van der Waals surface area (Å²) in [6, 6.07) is 1.51. The molecule has 0 aromatic rings. The zero-order chi connectivity index (χ0) is 12.1. The first-order chi connectivity index (χ1) is 8.84. The molecule has 4 fully saturated rings. The molecule has 0 aromatic heterocycles. The Hall–Kier alpha value is -0.570. The summed E-state index contributed by atoms with van der Waals surface area (Å²) in [4.78, 5) is 16.4. The minimum atomic E-state index is 0.461. The largest absolute Gasteiger partial charge is 0.339 e. The van der Waals surface area contributed by atoms with E-state index in [0.717, 1.165) is 37.3 Å². The number of hydrogen-bond donors (Lipinski definition) is 1. The molecule has 18 heavy (non-hydrogen) atoms. The van der Waals surface area contributed by atoms with Crippen molar-refractivity contribution in [2.75, 3.05) is 19.6 Å². The van der Waals surface area contributed by atoms with Crippen LogP contribution in [0.4, 0.5) is 0 Å². The van der Waals surface area contributed by atoms with Crippen LogP contribution in [0.1, 0.15) is 44.9 Å². The Bertz CT molecular complexity index is 354. The molecule has 0 spiro atoms. The topological polar surface area (TPSA) is 24.8 Å². The molecule has 4 aliphatic rings. The van der Waals surface area contributed by atoms with Gasteiger partial charge < -0.3 is 9.80 Å². The Kier molecular flexibility index (Phi) is 2.65. The maximum Gasteiger partial charge on any atom is 0.222 e. The van der Waals surface area contributed by atoms with Gasteiger partial charge in [0.05, 0.1) is 19.1 Å². The fourth-order valence-corrected chi connectivity index (χ4v) is 5.48. The van der Waals surface area contributed by atoms with Crippen LogP contribution in [0.15, 0.2) is 0 Å². The Morgan fingerprint density at radius 3 is 2.78 bits per heavy atom. The molecule has 4 rings (SSSR count). The van der Waals surface area contributed by atoms with E-state index in [1.165, 1.54) is 45.2 Å². The van der Waals surface area contributed by atoms with Gasteiger partial charge in [0, 0.05) is 30.8 Å². The number of hydrogen-bond acceptors (Lipinski definition) is 1. The highest BCUT2D eigenvalue weighted by Gasteiger charge is 2.52. The third kappa shape index (κ3) is 1.56. The number of rotatable bonds is 0. The second-order valence-corrected chi connectivity index (χ2v) is 6.90. The SMILES string of the molecule is O=C1CCC[C@@H]2[C@H]3CCC[NH+]4CCC[C@@H](CN12)[C@H]34. The molecule has 3 nitrogen and oxygen atoms in total. The highest BCUT2D eigenvalue weighted by molar-refractivity contribution is 5.77. The molecule has 0 aliphatic carbocycles. The van der Waals surface area contributed by atoms with Crippen molar-refractivity contribution in [3.63, 3.8) is 0 Å². The summed E-state index contributed by atoms with van der Waals surface area (Å²) in [5.74, 6) is 2.11. The molecule has 0 bridgehead atoms. The Morgan fingerprint density at radius 2 is 1.89 bits per heavy atom. The highest BCUT2D eigenvalue weighted by atomic mass is 16.2. The van der Waals surface area contributed by atoms with Crippen LogP contribution in [0.3, 0.4) is 0 Å². The van der Waals surface area contributed by atoms with Gasteiger partial charge in [-0.2, -0.15) is 0 Å². The maximum absolute atomic E-state index is 12.2. The van der Waals surface area contributed by atoms with Crippen molar-refractivity contribution in [2.45, 2.75) is 57.0 Å². The third-order valence-corrected chi connectivity index (χ3v) is 6.09. The lowest BCUT2D eigenvalue weighted by Gasteiger charge is -2.56. The first kappa shape index (κ1) is 11.3. The van der Waals surface area contributed by atoms with E-state index in [0.29, 0.717) is 11.9 Å².